The number of benzene rings is 1. The number of aliphatic imine (C=N–C) groups is 1. The Kier molecular flexibility index (Phi) is 9.23. The number of hydrogen-bond acceptors (Lipinski definition) is 2. The van der Waals surface area contributed by atoms with Crippen molar-refractivity contribution >= 4 is 29.9 Å². The summed E-state index contributed by atoms with van der Waals surface area (Å²) in [7, 11) is 1.71. The summed E-state index contributed by atoms with van der Waals surface area (Å²) in [6.07, 6.45) is 0.711. The van der Waals surface area contributed by atoms with Crippen molar-refractivity contribution in [3.63, 3.8) is 0 Å². The minimum Gasteiger partial charge on any atom is -0.355 e. The minimum absolute atomic E-state index is 0. The van der Waals surface area contributed by atoms with E-state index in [9.17, 15) is 8.78 Å². The van der Waals surface area contributed by atoms with Gasteiger partial charge in [-0.05, 0) is 46.2 Å². The third-order valence-corrected chi connectivity index (χ3v) is 4.70. The molecule has 1 fully saturated rings. The summed E-state index contributed by atoms with van der Waals surface area (Å²) < 4.78 is 27.7. The summed E-state index contributed by atoms with van der Waals surface area (Å²) in [6, 6.07) is 5.00. The second-order valence-electron chi connectivity index (χ2n) is 7.15. The van der Waals surface area contributed by atoms with Crippen LogP contribution in [0.5, 0.6) is 0 Å². The first-order valence-corrected chi connectivity index (χ1v) is 9.02. The highest BCUT2D eigenvalue weighted by Gasteiger charge is 2.42. The predicted molar refractivity (Wildman–Crippen MR) is 114 cm³/mol. The quantitative estimate of drug-likeness (QED) is 0.355. The molecule has 1 aliphatic carbocycles. The van der Waals surface area contributed by atoms with Gasteiger partial charge in [0.1, 0.15) is 11.6 Å². The van der Waals surface area contributed by atoms with Crippen LogP contribution < -0.4 is 10.6 Å². The molecule has 1 aromatic rings. The molecular formula is C19H31F2IN4. The zero-order valence-corrected chi connectivity index (χ0v) is 18.6. The molecule has 148 valence electrons. The van der Waals surface area contributed by atoms with Gasteiger partial charge in [0.25, 0.3) is 0 Å². The summed E-state index contributed by atoms with van der Waals surface area (Å²) in [5.41, 5.74) is 0.182. The first-order chi connectivity index (χ1) is 11.8. The molecule has 0 aromatic heterocycles. The molecule has 0 saturated heterocycles. The Morgan fingerprint density at radius 2 is 1.77 bits per heavy atom. The first kappa shape index (κ1) is 23.1. The van der Waals surface area contributed by atoms with Gasteiger partial charge in [0, 0.05) is 49.7 Å². The van der Waals surface area contributed by atoms with Crippen LogP contribution in [0.25, 0.3) is 0 Å². The van der Waals surface area contributed by atoms with Crippen LogP contribution in [0, 0.1) is 11.6 Å². The average molecular weight is 480 g/mol. The fraction of sp³-hybridized carbons (Fsp3) is 0.632. The van der Waals surface area contributed by atoms with Gasteiger partial charge in [0.15, 0.2) is 5.96 Å². The maximum Gasteiger partial charge on any atom is 0.191 e. The van der Waals surface area contributed by atoms with Crippen molar-refractivity contribution in [2.24, 2.45) is 4.99 Å². The van der Waals surface area contributed by atoms with Gasteiger partial charge in [0.05, 0.1) is 0 Å². The molecule has 0 radical (unpaired) electrons. The summed E-state index contributed by atoms with van der Waals surface area (Å²) in [4.78, 5) is 6.61. The fourth-order valence-electron chi connectivity index (χ4n) is 3.32. The topological polar surface area (TPSA) is 39.7 Å². The lowest BCUT2D eigenvalue weighted by atomic mass is 10.1. The van der Waals surface area contributed by atoms with Gasteiger partial charge in [-0.15, -0.1) is 24.0 Å². The molecule has 0 bridgehead atoms. The smallest absolute Gasteiger partial charge is 0.191 e. The lowest BCUT2D eigenvalue weighted by Crippen LogP contribution is -2.45. The highest BCUT2D eigenvalue weighted by molar-refractivity contribution is 14.0. The summed E-state index contributed by atoms with van der Waals surface area (Å²) in [6.45, 7) is 10.4. The maximum absolute atomic E-state index is 13.9. The molecule has 0 aliphatic heterocycles. The van der Waals surface area contributed by atoms with E-state index in [-0.39, 0.29) is 41.5 Å². The van der Waals surface area contributed by atoms with Crippen LogP contribution in [0.3, 0.4) is 0 Å². The second-order valence-corrected chi connectivity index (χ2v) is 7.15. The van der Waals surface area contributed by atoms with Crippen LogP contribution in [0.1, 0.15) is 45.6 Å². The van der Waals surface area contributed by atoms with Gasteiger partial charge in [-0.3, -0.25) is 9.89 Å². The zero-order valence-electron chi connectivity index (χ0n) is 16.2. The van der Waals surface area contributed by atoms with E-state index in [1.54, 1.807) is 7.05 Å². The normalized spacial score (nSPS) is 19.7. The number of nitrogens with zero attached hydrogens (tertiary/aromatic N) is 2. The Labute approximate surface area is 172 Å². The second kappa shape index (κ2) is 10.4. The molecule has 2 rings (SSSR count). The van der Waals surface area contributed by atoms with Gasteiger partial charge in [-0.2, -0.15) is 0 Å². The van der Waals surface area contributed by atoms with Crippen LogP contribution in [0.2, 0.25) is 0 Å². The number of halogens is 3. The molecule has 2 N–H and O–H groups in total. The van der Waals surface area contributed by atoms with Gasteiger partial charge in [0.2, 0.25) is 0 Å². The Hall–Kier alpha value is -0.960. The fourth-order valence-corrected chi connectivity index (χ4v) is 3.32. The lowest BCUT2D eigenvalue weighted by Gasteiger charge is -2.30. The Morgan fingerprint density at radius 1 is 1.19 bits per heavy atom. The minimum atomic E-state index is -0.471. The van der Waals surface area contributed by atoms with E-state index < -0.39 is 11.6 Å². The van der Waals surface area contributed by atoms with Gasteiger partial charge in [-0.25, -0.2) is 8.78 Å². The van der Waals surface area contributed by atoms with E-state index in [4.69, 9.17) is 0 Å². The number of rotatable bonds is 7. The van der Waals surface area contributed by atoms with E-state index in [1.807, 2.05) is 0 Å². The Morgan fingerprint density at radius 3 is 2.27 bits per heavy atom. The highest BCUT2D eigenvalue weighted by atomic mass is 127. The largest absolute Gasteiger partial charge is 0.355 e. The van der Waals surface area contributed by atoms with Crippen molar-refractivity contribution in [3.8, 4) is 0 Å². The summed E-state index contributed by atoms with van der Waals surface area (Å²) in [5, 5.41) is 6.55. The third-order valence-electron chi connectivity index (χ3n) is 4.70. The zero-order chi connectivity index (χ0) is 18.6. The molecule has 2 atom stereocenters. The molecule has 26 heavy (non-hydrogen) atoms. The van der Waals surface area contributed by atoms with Crippen LogP contribution in [-0.2, 0) is 0 Å². The predicted octanol–water partition coefficient (Wildman–Crippen LogP) is 3.72. The van der Waals surface area contributed by atoms with Gasteiger partial charge >= 0.3 is 0 Å². The molecule has 0 spiro atoms. The van der Waals surface area contributed by atoms with E-state index >= 15 is 0 Å². The lowest BCUT2D eigenvalue weighted by molar-refractivity contribution is 0.178. The van der Waals surface area contributed by atoms with Crippen molar-refractivity contribution in [2.75, 3.05) is 20.1 Å². The van der Waals surface area contributed by atoms with Crippen molar-refractivity contribution in [2.45, 2.75) is 58.2 Å². The first-order valence-electron chi connectivity index (χ1n) is 9.02. The van der Waals surface area contributed by atoms with Crippen LogP contribution >= 0.6 is 24.0 Å². The van der Waals surface area contributed by atoms with Crippen LogP contribution in [0.4, 0.5) is 8.78 Å². The maximum atomic E-state index is 13.9. The Bertz CT molecular complexity index is 579. The van der Waals surface area contributed by atoms with E-state index in [0.717, 1.165) is 13.1 Å². The summed E-state index contributed by atoms with van der Waals surface area (Å²) in [5.74, 6) is -0.400. The molecule has 4 nitrogen and oxygen atoms in total. The van der Waals surface area contributed by atoms with E-state index in [2.05, 4.69) is 48.2 Å². The monoisotopic (exact) mass is 480 g/mol. The van der Waals surface area contributed by atoms with Gasteiger partial charge < -0.3 is 10.6 Å². The van der Waals surface area contributed by atoms with Crippen LogP contribution in [0.15, 0.2) is 23.2 Å². The number of guanidine groups is 1. The molecule has 0 heterocycles. The molecular weight excluding hydrogens is 449 g/mol. The molecule has 7 heteroatoms. The number of nitrogens with one attached hydrogen (secondary N) is 2. The molecule has 1 aromatic carbocycles. The van der Waals surface area contributed by atoms with Crippen LogP contribution in [-0.4, -0.2) is 49.1 Å². The van der Waals surface area contributed by atoms with Crippen molar-refractivity contribution in [3.05, 3.63) is 35.4 Å². The standard InChI is InChI=1S/C19H30F2N4.HI/c1-12(2)25(13(3)4)10-9-23-19(22-5)24-17-11-14(17)18-15(20)7-6-8-16(18)21;/h6-8,12-14,17H,9-11H2,1-5H3,(H2,22,23,24);1H. The molecule has 1 aliphatic rings. The molecule has 1 saturated carbocycles. The van der Waals surface area contributed by atoms with E-state index in [0.29, 0.717) is 24.5 Å². The van der Waals surface area contributed by atoms with E-state index in [1.165, 1.54) is 18.2 Å². The molecule has 2 unspecified atom stereocenters. The van der Waals surface area contributed by atoms with Crippen molar-refractivity contribution < 1.29 is 8.78 Å². The van der Waals surface area contributed by atoms with Gasteiger partial charge in [-0.1, -0.05) is 6.07 Å². The van der Waals surface area contributed by atoms with Crippen molar-refractivity contribution in [1.82, 2.24) is 15.5 Å². The SMILES string of the molecule is CN=C(NCCN(C(C)C)C(C)C)NC1CC1c1c(F)cccc1F.I. The Balaban J connectivity index is 0.00000338. The van der Waals surface area contributed by atoms with Crippen molar-refractivity contribution in [1.29, 1.82) is 0 Å². The third kappa shape index (κ3) is 6.04. The average Bonchev–Trinajstić information content (AvgIpc) is 3.28. The highest BCUT2D eigenvalue weighted by Crippen LogP contribution is 2.42. The molecule has 0 amide bonds. The number of hydrogen-bond donors (Lipinski definition) is 2. The summed E-state index contributed by atoms with van der Waals surface area (Å²) >= 11 is 0.